The van der Waals surface area contributed by atoms with Crippen molar-refractivity contribution in [1.29, 1.82) is 0 Å². The number of nitrogens with zero attached hydrogens (tertiary/aromatic N) is 3. The second-order valence-electron chi connectivity index (χ2n) is 4.65. The SMILES string of the molecule is CC(C)Cn1c(CN)nnc1C(C)S(C)(=O)=O. The quantitative estimate of drug-likeness (QED) is 0.832. The lowest BCUT2D eigenvalue weighted by atomic mass is 10.2. The fourth-order valence-electron chi connectivity index (χ4n) is 1.56. The summed E-state index contributed by atoms with van der Waals surface area (Å²) in [6.07, 6.45) is 1.20. The molecule has 1 atom stereocenters. The molecule has 0 amide bonds. The highest BCUT2D eigenvalue weighted by Crippen LogP contribution is 2.20. The van der Waals surface area contributed by atoms with Gasteiger partial charge < -0.3 is 10.3 Å². The van der Waals surface area contributed by atoms with Crippen molar-refractivity contribution in [3.8, 4) is 0 Å². The van der Waals surface area contributed by atoms with Crippen molar-refractivity contribution in [3.63, 3.8) is 0 Å². The molecule has 6 nitrogen and oxygen atoms in total. The average Bonchev–Trinajstić information content (AvgIpc) is 2.57. The van der Waals surface area contributed by atoms with E-state index < -0.39 is 15.1 Å². The van der Waals surface area contributed by atoms with Crippen LogP contribution in [0.5, 0.6) is 0 Å². The molecule has 17 heavy (non-hydrogen) atoms. The molecule has 0 saturated heterocycles. The first-order chi connectivity index (χ1) is 7.77. The van der Waals surface area contributed by atoms with Crippen LogP contribution in [0, 0.1) is 5.92 Å². The van der Waals surface area contributed by atoms with Gasteiger partial charge >= 0.3 is 0 Å². The molecule has 1 aromatic rings. The lowest BCUT2D eigenvalue weighted by Crippen LogP contribution is -2.19. The van der Waals surface area contributed by atoms with Crippen LogP contribution < -0.4 is 5.73 Å². The molecule has 0 fully saturated rings. The van der Waals surface area contributed by atoms with Crippen LogP contribution in [0.25, 0.3) is 0 Å². The molecule has 0 aliphatic rings. The van der Waals surface area contributed by atoms with E-state index in [9.17, 15) is 8.42 Å². The minimum Gasteiger partial charge on any atom is -0.324 e. The Bertz CT molecular complexity index is 478. The van der Waals surface area contributed by atoms with Gasteiger partial charge in [-0.25, -0.2) is 8.42 Å². The van der Waals surface area contributed by atoms with Gasteiger partial charge in [-0.3, -0.25) is 0 Å². The Kier molecular flexibility index (Phi) is 4.26. The standard InChI is InChI=1S/C10H20N4O2S/c1-7(2)6-14-9(5-11)12-13-10(14)8(3)17(4,15)16/h7-8H,5-6,11H2,1-4H3. The van der Waals surface area contributed by atoms with E-state index in [1.165, 1.54) is 6.26 Å². The van der Waals surface area contributed by atoms with E-state index in [4.69, 9.17) is 5.73 Å². The first-order valence-electron chi connectivity index (χ1n) is 5.58. The molecule has 0 bridgehead atoms. The van der Waals surface area contributed by atoms with Crippen LogP contribution >= 0.6 is 0 Å². The van der Waals surface area contributed by atoms with E-state index in [-0.39, 0.29) is 6.54 Å². The Balaban J connectivity index is 3.20. The number of sulfone groups is 1. The third-order valence-electron chi connectivity index (χ3n) is 2.59. The predicted octanol–water partition coefficient (Wildman–Crippen LogP) is 0.498. The maximum Gasteiger partial charge on any atom is 0.157 e. The second kappa shape index (κ2) is 5.14. The molecule has 2 N–H and O–H groups in total. The molecule has 0 aromatic carbocycles. The molecule has 0 spiro atoms. The smallest absolute Gasteiger partial charge is 0.157 e. The minimum absolute atomic E-state index is 0.260. The normalized spacial score (nSPS) is 14.2. The van der Waals surface area contributed by atoms with Crippen molar-refractivity contribution < 1.29 is 8.42 Å². The zero-order valence-corrected chi connectivity index (χ0v) is 11.5. The van der Waals surface area contributed by atoms with Crippen LogP contribution in [-0.2, 0) is 22.9 Å². The molecule has 1 heterocycles. The van der Waals surface area contributed by atoms with E-state index in [1.54, 1.807) is 6.92 Å². The van der Waals surface area contributed by atoms with E-state index in [2.05, 4.69) is 24.0 Å². The number of rotatable bonds is 5. The van der Waals surface area contributed by atoms with Crippen LogP contribution in [0.1, 0.15) is 37.7 Å². The first kappa shape index (κ1) is 14.1. The zero-order chi connectivity index (χ0) is 13.2. The van der Waals surface area contributed by atoms with Crippen molar-refractivity contribution >= 4 is 9.84 Å². The van der Waals surface area contributed by atoms with Gasteiger partial charge in [0.05, 0.1) is 6.54 Å². The Morgan fingerprint density at radius 3 is 2.29 bits per heavy atom. The second-order valence-corrected chi connectivity index (χ2v) is 7.02. The third-order valence-corrected chi connectivity index (χ3v) is 4.09. The van der Waals surface area contributed by atoms with E-state index >= 15 is 0 Å². The van der Waals surface area contributed by atoms with Gasteiger partial charge in [0.1, 0.15) is 11.1 Å². The molecular weight excluding hydrogens is 240 g/mol. The Morgan fingerprint density at radius 2 is 1.88 bits per heavy atom. The fourth-order valence-corrected chi connectivity index (χ4v) is 2.11. The van der Waals surface area contributed by atoms with Gasteiger partial charge in [0.2, 0.25) is 0 Å². The van der Waals surface area contributed by atoms with Crippen LogP contribution in [0.3, 0.4) is 0 Å². The highest BCUT2D eigenvalue weighted by atomic mass is 32.2. The number of aromatic nitrogens is 3. The van der Waals surface area contributed by atoms with Crippen molar-refractivity contribution in [2.45, 2.75) is 39.1 Å². The van der Waals surface area contributed by atoms with Gasteiger partial charge in [-0.15, -0.1) is 10.2 Å². The minimum atomic E-state index is -3.17. The highest BCUT2D eigenvalue weighted by molar-refractivity contribution is 7.90. The molecule has 0 saturated carbocycles. The van der Waals surface area contributed by atoms with Gasteiger partial charge in [0.25, 0.3) is 0 Å². The lowest BCUT2D eigenvalue weighted by Gasteiger charge is -2.15. The molecular formula is C10H20N4O2S. The van der Waals surface area contributed by atoms with Gasteiger partial charge in [-0.1, -0.05) is 13.8 Å². The maximum atomic E-state index is 11.6. The van der Waals surface area contributed by atoms with E-state index in [1.807, 2.05) is 4.57 Å². The molecule has 0 aliphatic heterocycles. The summed E-state index contributed by atoms with van der Waals surface area (Å²) in [6.45, 7) is 6.66. The van der Waals surface area contributed by atoms with Crippen LogP contribution in [0.2, 0.25) is 0 Å². The number of nitrogens with two attached hydrogens (primary N) is 1. The Morgan fingerprint density at radius 1 is 1.29 bits per heavy atom. The van der Waals surface area contributed by atoms with Crippen molar-refractivity contribution in [3.05, 3.63) is 11.6 Å². The summed E-state index contributed by atoms with van der Waals surface area (Å²) < 4.78 is 24.9. The van der Waals surface area contributed by atoms with Crippen LogP contribution in [0.15, 0.2) is 0 Å². The Labute approximate surface area is 102 Å². The lowest BCUT2D eigenvalue weighted by molar-refractivity contribution is 0.489. The molecule has 1 aromatic heterocycles. The van der Waals surface area contributed by atoms with Crippen LogP contribution in [-0.4, -0.2) is 29.4 Å². The first-order valence-corrected chi connectivity index (χ1v) is 7.53. The summed E-state index contributed by atoms with van der Waals surface area (Å²) in [6, 6.07) is 0. The molecule has 7 heteroatoms. The largest absolute Gasteiger partial charge is 0.324 e. The van der Waals surface area contributed by atoms with E-state index in [0.717, 1.165) is 0 Å². The van der Waals surface area contributed by atoms with Gasteiger partial charge in [-0.2, -0.15) is 0 Å². The van der Waals surface area contributed by atoms with Gasteiger partial charge in [0.15, 0.2) is 15.7 Å². The predicted molar refractivity (Wildman–Crippen MR) is 66.0 cm³/mol. The summed E-state index contributed by atoms with van der Waals surface area (Å²) in [7, 11) is -3.17. The topological polar surface area (TPSA) is 90.9 Å². The number of hydrogen-bond donors (Lipinski definition) is 1. The van der Waals surface area contributed by atoms with Crippen molar-refractivity contribution in [1.82, 2.24) is 14.8 Å². The summed E-state index contributed by atoms with van der Waals surface area (Å²) in [5.41, 5.74) is 5.58. The fraction of sp³-hybridized carbons (Fsp3) is 0.800. The highest BCUT2D eigenvalue weighted by Gasteiger charge is 2.25. The zero-order valence-electron chi connectivity index (χ0n) is 10.7. The third kappa shape index (κ3) is 3.26. The van der Waals surface area contributed by atoms with Gasteiger partial charge in [0, 0.05) is 12.8 Å². The summed E-state index contributed by atoms with van der Waals surface area (Å²) in [5.74, 6) is 1.48. The Hall–Kier alpha value is -0.950. The summed E-state index contributed by atoms with van der Waals surface area (Å²) >= 11 is 0. The van der Waals surface area contributed by atoms with Gasteiger partial charge in [-0.05, 0) is 12.8 Å². The van der Waals surface area contributed by atoms with E-state index in [0.29, 0.717) is 24.1 Å². The monoisotopic (exact) mass is 260 g/mol. The van der Waals surface area contributed by atoms with Crippen LogP contribution in [0.4, 0.5) is 0 Å². The maximum absolute atomic E-state index is 11.6. The van der Waals surface area contributed by atoms with Crippen molar-refractivity contribution in [2.24, 2.45) is 11.7 Å². The average molecular weight is 260 g/mol. The molecule has 0 aliphatic carbocycles. The molecule has 0 radical (unpaired) electrons. The summed E-state index contributed by atoms with van der Waals surface area (Å²) in [5, 5.41) is 7.25. The summed E-state index contributed by atoms with van der Waals surface area (Å²) in [4.78, 5) is 0. The number of hydrogen-bond acceptors (Lipinski definition) is 5. The molecule has 1 rings (SSSR count). The molecule has 1 unspecified atom stereocenters. The van der Waals surface area contributed by atoms with Crippen molar-refractivity contribution in [2.75, 3.05) is 6.26 Å². The molecule has 98 valence electrons.